The highest BCUT2D eigenvalue weighted by atomic mass is 32.1. The standard InChI is InChI=1S/C20H19N3O3S/c1-2-26-15-8-9-16-17(11-15)27-20(22-16)23-19(25)13-4-3-5-14(10-13)21-18(24)12-6-7-12/h3-5,8-12H,2,6-7H2,1H3,(H,21,24)(H,22,23,25). The second-order valence-electron chi connectivity index (χ2n) is 6.38. The van der Waals surface area contributed by atoms with E-state index < -0.39 is 0 Å². The number of rotatable bonds is 6. The number of benzene rings is 2. The highest BCUT2D eigenvalue weighted by Gasteiger charge is 2.29. The molecule has 1 aromatic heterocycles. The number of nitrogens with zero attached hydrogens (tertiary/aromatic N) is 1. The predicted octanol–water partition coefficient (Wildman–Crippen LogP) is 4.30. The third-order valence-corrected chi connectivity index (χ3v) is 5.17. The van der Waals surface area contributed by atoms with Crippen molar-refractivity contribution in [3.8, 4) is 5.75 Å². The average molecular weight is 381 g/mol. The number of carbonyl (C=O) groups is 2. The first-order chi connectivity index (χ1) is 13.1. The summed E-state index contributed by atoms with van der Waals surface area (Å²) in [4.78, 5) is 28.9. The van der Waals surface area contributed by atoms with E-state index in [9.17, 15) is 9.59 Å². The molecule has 138 valence electrons. The number of ether oxygens (including phenoxy) is 1. The summed E-state index contributed by atoms with van der Waals surface area (Å²) in [6, 6.07) is 12.6. The van der Waals surface area contributed by atoms with Gasteiger partial charge in [-0.2, -0.15) is 0 Å². The zero-order valence-corrected chi connectivity index (χ0v) is 15.6. The molecule has 1 aliphatic rings. The van der Waals surface area contributed by atoms with Crippen molar-refractivity contribution in [3.05, 3.63) is 48.0 Å². The fraction of sp³-hybridized carbons (Fsp3) is 0.250. The van der Waals surface area contributed by atoms with Gasteiger partial charge in [0.2, 0.25) is 5.91 Å². The Morgan fingerprint density at radius 2 is 2.04 bits per heavy atom. The highest BCUT2D eigenvalue weighted by Crippen LogP contribution is 2.31. The summed E-state index contributed by atoms with van der Waals surface area (Å²) < 4.78 is 6.44. The van der Waals surface area contributed by atoms with Gasteiger partial charge in [-0.15, -0.1) is 0 Å². The highest BCUT2D eigenvalue weighted by molar-refractivity contribution is 7.22. The average Bonchev–Trinajstić information content (AvgIpc) is 3.43. The van der Waals surface area contributed by atoms with E-state index >= 15 is 0 Å². The maximum atomic E-state index is 12.6. The molecule has 2 aromatic carbocycles. The van der Waals surface area contributed by atoms with Crippen molar-refractivity contribution in [2.75, 3.05) is 17.2 Å². The molecule has 2 amide bonds. The molecule has 0 spiro atoms. The number of carbonyl (C=O) groups excluding carboxylic acids is 2. The van der Waals surface area contributed by atoms with Gasteiger partial charge >= 0.3 is 0 Å². The monoisotopic (exact) mass is 381 g/mol. The van der Waals surface area contributed by atoms with E-state index in [4.69, 9.17) is 4.74 Å². The topological polar surface area (TPSA) is 80.3 Å². The maximum absolute atomic E-state index is 12.6. The summed E-state index contributed by atoms with van der Waals surface area (Å²) in [5.41, 5.74) is 1.91. The molecule has 0 unspecified atom stereocenters. The molecular weight excluding hydrogens is 362 g/mol. The molecule has 0 bridgehead atoms. The van der Waals surface area contributed by atoms with Gasteiger partial charge in [0.15, 0.2) is 5.13 Å². The first kappa shape index (κ1) is 17.5. The van der Waals surface area contributed by atoms with Crippen LogP contribution < -0.4 is 15.4 Å². The Kier molecular flexibility index (Phi) is 4.77. The summed E-state index contributed by atoms with van der Waals surface area (Å²) in [6.07, 6.45) is 1.88. The fourth-order valence-corrected chi connectivity index (χ4v) is 3.60. The van der Waals surface area contributed by atoms with Crippen molar-refractivity contribution in [3.63, 3.8) is 0 Å². The van der Waals surface area contributed by atoms with Crippen LogP contribution >= 0.6 is 11.3 Å². The lowest BCUT2D eigenvalue weighted by molar-refractivity contribution is -0.117. The van der Waals surface area contributed by atoms with Crippen LogP contribution in [0.25, 0.3) is 10.2 Å². The van der Waals surface area contributed by atoms with Gasteiger partial charge in [-0.25, -0.2) is 4.98 Å². The molecule has 0 radical (unpaired) electrons. The zero-order chi connectivity index (χ0) is 18.8. The number of aromatic nitrogens is 1. The van der Waals surface area contributed by atoms with Crippen LogP contribution in [0.3, 0.4) is 0 Å². The molecule has 4 rings (SSSR count). The molecule has 6 nitrogen and oxygen atoms in total. The fourth-order valence-electron chi connectivity index (χ4n) is 2.71. The Morgan fingerprint density at radius 3 is 2.81 bits per heavy atom. The van der Waals surface area contributed by atoms with Crippen LogP contribution in [0, 0.1) is 5.92 Å². The van der Waals surface area contributed by atoms with Crippen LogP contribution in [-0.2, 0) is 4.79 Å². The zero-order valence-electron chi connectivity index (χ0n) is 14.8. The van der Waals surface area contributed by atoms with Crippen LogP contribution in [0.4, 0.5) is 10.8 Å². The molecule has 1 aliphatic carbocycles. The smallest absolute Gasteiger partial charge is 0.257 e. The minimum Gasteiger partial charge on any atom is -0.494 e. The normalized spacial score (nSPS) is 13.4. The van der Waals surface area contributed by atoms with Crippen LogP contribution in [-0.4, -0.2) is 23.4 Å². The molecule has 27 heavy (non-hydrogen) atoms. The van der Waals surface area contributed by atoms with Crippen molar-refractivity contribution in [2.24, 2.45) is 5.92 Å². The molecular formula is C20H19N3O3S. The molecule has 0 saturated heterocycles. The van der Waals surface area contributed by atoms with Crippen molar-refractivity contribution in [1.82, 2.24) is 4.98 Å². The maximum Gasteiger partial charge on any atom is 0.257 e. The van der Waals surface area contributed by atoms with Gasteiger partial charge in [-0.3, -0.25) is 14.9 Å². The molecule has 7 heteroatoms. The number of hydrogen-bond donors (Lipinski definition) is 2. The van der Waals surface area contributed by atoms with Crippen molar-refractivity contribution < 1.29 is 14.3 Å². The summed E-state index contributed by atoms with van der Waals surface area (Å²) in [6.45, 7) is 2.53. The number of fused-ring (bicyclic) bond motifs is 1. The number of nitrogens with one attached hydrogen (secondary N) is 2. The first-order valence-electron chi connectivity index (χ1n) is 8.88. The number of thiazole rings is 1. The lowest BCUT2D eigenvalue weighted by Gasteiger charge is -2.06. The minimum absolute atomic E-state index is 0.0174. The van der Waals surface area contributed by atoms with E-state index in [1.807, 2.05) is 25.1 Å². The van der Waals surface area contributed by atoms with Gasteiger partial charge in [-0.05, 0) is 56.2 Å². The van der Waals surface area contributed by atoms with Gasteiger partial charge in [0.05, 0.1) is 16.8 Å². The van der Waals surface area contributed by atoms with Gasteiger partial charge in [0, 0.05) is 17.2 Å². The first-order valence-corrected chi connectivity index (χ1v) is 9.69. The molecule has 3 aromatic rings. The summed E-state index contributed by atoms with van der Waals surface area (Å²) in [7, 11) is 0. The quantitative estimate of drug-likeness (QED) is 0.667. The Labute approximate surface area is 160 Å². The SMILES string of the molecule is CCOc1ccc2nc(NC(=O)c3cccc(NC(=O)C4CC4)c3)sc2c1. The molecule has 1 fully saturated rings. The molecule has 0 aliphatic heterocycles. The predicted molar refractivity (Wildman–Crippen MR) is 107 cm³/mol. The van der Waals surface area contributed by atoms with Crippen molar-refractivity contribution in [1.29, 1.82) is 0 Å². The van der Waals surface area contributed by atoms with Gasteiger partial charge in [0.1, 0.15) is 5.75 Å². The van der Waals surface area contributed by atoms with Crippen molar-refractivity contribution in [2.45, 2.75) is 19.8 Å². The molecule has 1 heterocycles. The summed E-state index contributed by atoms with van der Waals surface area (Å²) >= 11 is 1.39. The van der Waals surface area contributed by atoms with Gasteiger partial charge in [-0.1, -0.05) is 17.4 Å². The van der Waals surface area contributed by atoms with E-state index in [0.29, 0.717) is 23.0 Å². The lowest BCUT2D eigenvalue weighted by atomic mass is 10.2. The van der Waals surface area contributed by atoms with E-state index in [2.05, 4.69) is 15.6 Å². The second-order valence-corrected chi connectivity index (χ2v) is 7.41. The van der Waals surface area contributed by atoms with Crippen LogP contribution in [0.5, 0.6) is 5.75 Å². The van der Waals surface area contributed by atoms with E-state index in [1.165, 1.54) is 11.3 Å². The van der Waals surface area contributed by atoms with Gasteiger partial charge in [0.25, 0.3) is 5.91 Å². The van der Waals surface area contributed by atoms with Crippen LogP contribution in [0.1, 0.15) is 30.1 Å². The largest absolute Gasteiger partial charge is 0.494 e. The Hall–Kier alpha value is -2.93. The molecule has 1 saturated carbocycles. The summed E-state index contributed by atoms with van der Waals surface area (Å²) in [5.74, 6) is 0.655. The third kappa shape index (κ3) is 4.09. The van der Waals surface area contributed by atoms with E-state index in [1.54, 1.807) is 24.3 Å². The Bertz CT molecular complexity index is 1010. The van der Waals surface area contributed by atoms with E-state index in [-0.39, 0.29) is 17.7 Å². The Morgan fingerprint density at radius 1 is 1.19 bits per heavy atom. The minimum atomic E-state index is -0.262. The van der Waals surface area contributed by atoms with Crippen LogP contribution in [0.2, 0.25) is 0 Å². The molecule has 2 N–H and O–H groups in total. The Balaban J connectivity index is 1.48. The molecule has 0 atom stereocenters. The van der Waals surface area contributed by atoms with Crippen LogP contribution in [0.15, 0.2) is 42.5 Å². The van der Waals surface area contributed by atoms with Crippen molar-refractivity contribution >= 4 is 44.2 Å². The number of amides is 2. The summed E-state index contributed by atoms with van der Waals surface area (Å²) in [5, 5.41) is 6.21. The number of anilines is 2. The van der Waals surface area contributed by atoms with Gasteiger partial charge < -0.3 is 10.1 Å². The lowest BCUT2D eigenvalue weighted by Crippen LogP contribution is -2.15. The second kappa shape index (κ2) is 7.36. The number of hydrogen-bond acceptors (Lipinski definition) is 5. The van der Waals surface area contributed by atoms with E-state index in [0.717, 1.165) is 28.8 Å². The third-order valence-electron chi connectivity index (χ3n) is 4.23.